The lowest BCUT2D eigenvalue weighted by Crippen LogP contribution is -2.26. The van der Waals surface area contributed by atoms with Gasteiger partial charge in [0.1, 0.15) is 17.6 Å². The van der Waals surface area contributed by atoms with Crippen LogP contribution < -0.4 is 5.32 Å². The summed E-state index contributed by atoms with van der Waals surface area (Å²) >= 11 is 0. The minimum Gasteiger partial charge on any atom is -0.467 e. The fraction of sp³-hybridized carbons (Fsp3) is 0.250. The van der Waals surface area contributed by atoms with Crippen LogP contribution in [0.15, 0.2) is 41.4 Å². The fourth-order valence-corrected chi connectivity index (χ4v) is 1.45. The Labute approximate surface area is 104 Å². The van der Waals surface area contributed by atoms with E-state index in [1.165, 1.54) is 24.9 Å². The number of carbonyl (C=O) groups is 1. The molecule has 0 saturated heterocycles. The van der Waals surface area contributed by atoms with Crippen LogP contribution >= 0.6 is 0 Å². The zero-order valence-electron chi connectivity index (χ0n) is 9.61. The number of aliphatic hydroxyl groups is 1. The van der Waals surface area contributed by atoms with E-state index >= 15 is 0 Å². The summed E-state index contributed by atoms with van der Waals surface area (Å²) in [6.07, 6.45) is 5.49. The Balaban J connectivity index is 1.77. The summed E-state index contributed by atoms with van der Waals surface area (Å²) in [5.41, 5.74) is 0.255. The van der Waals surface area contributed by atoms with Crippen LogP contribution in [0.1, 0.15) is 28.8 Å². The van der Waals surface area contributed by atoms with Crippen molar-refractivity contribution in [2.75, 3.05) is 6.54 Å². The molecule has 0 bridgehead atoms. The molecule has 0 radical (unpaired) electrons. The van der Waals surface area contributed by atoms with Crippen molar-refractivity contribution >= 4 is 5.91 Å². The number of aromatic nitrogens is 2. The lowest BCUT2D eigenvalue weighted by molar-refractivity contribution is 0.0931. The molecule has 2 N–H and O–H groups in total. The van der Waals surface area contributed by atoms with Crippen LogP contribution in [0.4, 0.5) is 0 Å². The number of carbonyl (C=O) groups excluding carboxylic acids is 1. The maximum absolute atomic E-state index is 11.6. The molecule has 0 aromatic carbocycles. The summed E-state index contributed by atoms with van der Waals surface area (Å²) in [4.78, 5) is 19.3. The minimum atomic E-state index is -0.720. The van der Waals surface area contributed by atoms with E-state index in [1.54, 1.807) is 12.1 Å². The number of nitrogens with one attached hydrogen (secondary N) is 1. The topological polar surface area (TPSA) is 88.2 Å². The maximum atomic E-state index is 11.6. The highest BCUT2D eigenvalue weighted by molar-refractivity contribution is 5.91. The third-order valence-corrected chi connectivity index (χ3v) is 2.37. The van der Waals surface area contributed by atoms with Crippen molar-refractivity contribution in [3.63, 3.8) is 0 Å². The van der Waals surface area contributed by atoms with Gasteiger partial charge in [-0.3, -0.25) is 9.78 Å². The first kappa shape index (κ1) is 12.3. The molecule has 2 aromatic rings. The third-order valence-electron chi connectivity index (χ3n) is 2.37. The highest BCUT2D eigenvalue weighted by Crippen LogP contribution is 2.15. The zero-order valence-corrected chi connectivity index (χ0v) is 9.61. The van der Waals surface area contributed by atoms with Crippen LogP contribution in [0, 0.1) is 0 Å². The zero-order chi connectivity index (χ0) is 12.8. The molecular weight excluding hydrogens is 234 g/mol. The van der Waals surface area contributed by atoms with Crippen molar-refractivity contribution in [3.8, 4) is 0 Å². The molecule has 0 aliphatic rings. The quantitative estimate of drug-likeness (QED) is 0.820. The lowest BCUT2D eigenvalue weighted by Gasteiger charge is -2.08. The van der Waals surface area contributed by atoms with E-state index in [4.69, 9.17) is 4.42 Å². The number of furan rings is 1. The molecule has 0 fully saturated rings. The number of hydrogen-bond donors (Lipinski definition) is 2. The monoisotopic (exact) mass is 247 g/mol. The Kier molecular flexibility index (Phi) is 4.03. The van der Waals surface area contributed by atoms with Crippen molar-refractivity contribution < 1.29 is 14.3 Å². The molecule has 0 saturated carbocycles. The highest BCUT2D eigenvalue weighted by Gasteiger charge is 2.11. The number of amides is 1. The van der Waals surface area contributed by atoms with Crippen LogP contribution in [0.2, 0.25) is 0 Å². The third kappa shape index (κ3) is 3.14. The van der Waals surface area contributed by atoms with Gasteiger partial charge in [-0.1, -0.05) is 0 Å². The molecule has 2 aromatic heterocycles. The molecule has 18 heavy (non-hydrogen) atoms. The molecule has 2 rings (SSSR count). The second-order valence-corrected chi connectivity index (χ2v) is 3.67. The molecule has 94 valence electrons. The molecule has 1 amide bonds. The number of nitrogens with zero attached hydrogens (tertiary/aromatic N) is 2. The molecule has 6 nitrogen and oxygen atoms in total. The van der Waals surface area contributed by atoms with Gasteiger partial charge in [0.25, 0.3) is 5.91 Å². The Morgan fingerprint density at radius 1 is 1.50 bits per heavy atom. The molecule has 0 aliphatic carbocycles. The van der Waals surface area contributed by atoms with E-state index < -0.39 is 6.10 Å². The normalized spacial score (nSPS) is 12.1. The summed E-state index contributed by atoms with van der Waals surface area (Å²) in [5, 5.41) is 12.4. The summed E-state index contributed by atoms with van der Waals surface area (Å²) < 4.78 is 5.05. The molecule has 0 spiro atoms. The van der Waals surface area contributed by atoms with Gasteiger partial charge in [-0.15, -0.1) is 0 Å². The van der Waals surface area contributed by atoms with Crippen molar-refractivity contribution in [2.24, 2.45) is 0 Å². The van der Waals surface area contributed by atoms with Gasteiger partial charge in [0.05, 0.1) is 12.5 Å². The highest BCUT2D eigenvalue weighted by atomic mass is 16.4. The first-order valence-corrected chi connectivity index (χ1v) is 5.53. The average Bonchev–Trinajstić information content (AvgIpc) is 2.93. The smallest absolute Gasteiger partial charge is 0.271 e. The van der Waals surface area contributed by atoms with Gasteiger partial charge in [-0.25, -0.2) is 4.98 Å². The first-order chi connectivity index (χ1) is 8.77. The van der Waals surface area contributed by atoms with Gasteiger partial charge in [0.2, 0.25) is 0 Å². The number of rotatable bonds is 5. The van der Waals surface area contributed by atoms with Gasteiger partial charge in [0, 0.05) is 18.9 Å². The molecule has 6 heteroatoms. The Morgan fingerprint density at radius 2 is 2.39 bits per heavy atom. The molecule has 0 aliphatic heterocycles. The largest absolute Gasteiger partial charge is 0.467 e. The summed E-state index contributed by atoms with van der Waals surface area (Å²) in [6.45, 7) is 0.331. The average molecular weight is 247 g/mol. The Bertz CT molecular complexity index is 485. The van der Waals surface area contributed by atoms with E-state index in [9.17, 15) is 9.90 Å². The van der Waals surface area contributed by atoms with Crippen molar-refractivity contribution in [1.82, 2.24) is 15.3 Å². The van der Waals surface area contributed by atoms with Crippen LogP contribution in [0.25, 0.3) is 0 Å². The SMILES string of the molecule is O=C(NCC[C@@H](O)c1ccco1)c1cnccn1. The van der Waals surface area contributed by atoms with Crippen LogP contribution in [0.3, 0.4) is 0 Å². The fourth-order valence-electron chi connectivity index (χ4n) is 1.45. The maximum Gasteiger partial charge on any atom is 0.271 e. The summed E-state index contributed by atoms with van der Waals surface area (Å²) in [6, 6.07) is 3.39. The minimum absolute atomic E-state index is 0.255. The summed E-state index contributed by atoms with van der Waals surface area (Å²) in [5.74, 6) is 0.179. The summed E-state index contributed by atoms with van der Waals surface area (Å²) in [7, 11) is 0. The standard InChI is InChI=1S/C12H13N3O3/c16-10(11-2-1-7-18-11)3-4-15-12(17)9-8-13-5-6-14-9/h1-2,5-8,10,16H,3-4H2,(H,15,17)/t10-/m1/s1. The Morgan fingerprint density at radius 3 is 3.06 bits per heavy atom. The van der Waals surface area contributed by atoms with Crippen molar-refractivity contribution in [3.05, 3.63) is 48.4 Å². The molecular formula is C12H13N3O3. The van der Waals surface area contributed by atoms with Crippen LogP contribution in [-0.2, 0) is 0 Å². The number of hydrogen-bond acceptors (Lipinski definition) is 5. The second-order valence-electron chi connectivity index (χ2n) is 3.67. The predicted molar refractivity (Wildman–Crippen MR) is 62.7 cm³/mol. The van der Waals surface area contributed by atoms with Gasteiger partial charge < -0.3 is 14.8 Å². The lowest BCUT2D eigenvalue weighted by atomic mass is 10.2. The van der Waals surface area contributed by atoms with Gasteiger partial charge in [0.15, 0.2) is 0 Å². The Hall–Kier alpha value is -2.21. The van der Waals surface area contributed by atoms with Gasteiger partial charge in [-0.2, -0.15) is 0 Å². The number of aliphatic hydroxyl groups excluding tert-OH is 1. The second kappa shape index (κ2) is 5.92. The van der Waals surface area contributed by atoms with Gasteiger partial charge in [-0.05, 0) is 18.6 Å². The van der Waals surface area contributed by atoms with E-state index in [0.29, 0.717) is 18.7 Å². The van der Waals surface area contributed by atoms with Crippen molar-refractivity contribution in [2.45, 2.75) is 12.5 Å². The molecule has 1 atom stereocenters. The van der Waals surface area contributed by atoms with E-state index in [0.717, 1.165) is 0 Å². The van der Waals surface area contributed by atoms with Gasteiger partial charge >= 0.3 is 0 Å². The van der Waals surface area contributed by atoms with Crippen LogP contribution in [-0.4, -0.2) is 27.5 Å². The van der Waals surface area contributed by atoms with Crippen molar-refractivity contribution in [1.29, 1.82) is 0 Å². The van der Waals surface area contributed by atoms with E-state index in [-0.39, 0.29) is 11.6 Å². The van der Waals surface area contributed by atoms with E-state index in [2.05, 4.69) is 15.3 Å². The predicted octanol–water partition coefficient (Wildman–Crippen LogP) is 0.923. The van der Waals surface area contributed by atoms with Crippen LogP contribution in [0.5, 0.6) is 0 Å². The first-order valence-electron chi connectivity index (χ1n) is 5.53. The molecule has 2 heterocycles. The van der Waals surface area contributed by atoms with E-state index in [1.807, 2.05) is 0 Å². The molecule has 0 unspecified atom stereocenters.